The van der Waals surface area contributed by atoms with Crippen molar-refractivity contribution in [2.45, 2.75) is 25.1 Å². The van der Waals surface area contributed by atoms with Crippen molar-refractivity contribution in [1.29, 1.82) is 0 Å². The maximum Gasteiger partial charge on any atom is 0.235 e. The predicted octanol–water partition coefficient (Wildman–Crippen LogP) is 0.281. The highest BCUT2D eigenvalue weighted by atomic mass is 32.2. The molecule has 1 heterocycles. The fourth-order valence-electron chi connectivity index (χ4n) is 2.63. The zero-order valence-electron chi connectivity index (χ0n) is 13.8. The number of hydrogen-bond acceptors (Lipinski definition) is 5. The Balaban J connectivity index is 1.97. The Bertz CT molecular complexity index is 822. The van der Waals surface area contributed by atoms with E-state index in [2.05, 4.69) is 5.32 Å². The minimum atomic E-state index is -3.76. The minimum absolute atomic E-state index is 0.0261. The van der Waals surface area contributed by atoms with Crippen molar-refractivity contribution in [2.24, 2.45) is 0 Å². The van der Waals surface area contributed by atoms with Gasteiger partial charge >= 0.3 is 0 Å². The smallest absolute Gasteiger partial charge is 0.235 e. The Morgan fingerprint density at radius 3 is 2.48 bits per heavy atom. The molecule has 0 bridgehead atoms. The number of carbonyl (C=O) groups excluding carboxylic acids is 1. The molecule has 2 rings (SSSR count). The molecule has 7 nitrogen and oxygen atoms in total. The van der Waals surface area contributed by atoms with Gasteiger partial charge in [0.05, 0.1) is 23.8 Å². The van der Waals surface area contributed by atoms with E-state index in [1.165, 1.54) is 24.3 Å². The fourth-order valence-corrected chi connectivity index (χ4v) is 5.81. The van der Waals surface area contributed by atoms with Crippen LogP contribution in [0.1, 0.15) is 18.9 Å². The summed E-state index contributed by atoms with van der Waals surface area (Å²) in [6.07, 6.45) is 0.336. The summed E-state index contributed by atoms with van der Waals surface area (Å²) in [7, 11) is -6.88. The normalized spacial score (nSPS) is 19.9. The van der Waals surface area contributed by atoms with E-state index in [1.54, 1.807) is 6.92 Å². The lowest BCUT2D eigenvalue weighted by atomic mass is 10.2. The van der Waals surface area contributed by atoms with Crippen LogP contribution in [0.25, 0.3) is 0 Å². The zero-order valence-corrected chi connectivity index (χ0v) is 15.4. The monoisotopic (exact) mass is 392 g/mol. The summed E-state index contributed by atoms with van der Waals surface area (Å²) in [4.78, 5) is 12.1. The van der Waals surface area contributed by atoms with E-state index in [1.807, 2.05) is 0 Å². The zero-order chi connectivity index (χ0) is 18.7. The third-order valence-electron chi connectivity index (χ3n) is 3.93. The van der Waals surface area contributed by atoms with Crippen LogP contribution in [0.2, 0.25) is 0 Å². The van der Waals surface area contributed by atoms with Gasteiger partial charge in [-0.1, -0.05) is 19.1 Å². The Hall–Kier alpha value is -1.52. The Kier molecular flexibility index (Phi) is 6.17. The molecule has 140 valence electrons. The number of sulfonamides is 1. The number of likely N-dealkylation sites (N-methyl/N-ethyl adjacent to an activating group) is 1. The third-order valence-corrected chi connectivity index (χ3v) is 7.57. The molecular formula is C15H21FN2O5S2. The van der Waals surface area contributed by atoms with Crippen molar-refractivity contribution >= 4 is 25.8 Å². The minimum Gasteiger partial charge on any atom is -0.351 e. The molecule has 1 atom stereocenters. The van der Waals surface area contributed by atoms with Gasteiger partial charge in [0.25, 0.3) is 0 Å². The lowest BCUT2D eigenvalue weighted by molar-refractivity contribution is -0.121. The topological polar surface area (TPSA) is 101 Å². The molecule has 1 saturated heterocycles. The van der Waals surface area contributed by atoms with Crippen LogP contribution in [0.5, 0.6) is 0 Å². The van der Waals surface area contributed by atoms with Crippen LogP contribution in [0.4, 0.5) is 4.39 Å². The first-order valence-corrected chi connectivity index (χ1v) is 11.3. The van der Waals surface area contributed by atoms with Crippen LogP contribution in [-0.2, 0) is 30.4 Å². The van der Waals surface area contributed by atoms with E-state index in [0.717, 1.165) is 4.31 Å². The lowest BCUT2D eigenvalue weighted by Gasteiger charge is -2.21. The summed E-state index contributed by atoms with van der Waals surface area (Å²) in [5.41, 5.74) is 0.419. The molecule has 1 aliphatic rings. The molecule has 0 spiro atoms. The van der Waals surface area contributed by atoms with Gasteiger partial charge in [0, 0.05) is 12.6 Å². The molecule has 1 aromatic rings. The van der Waals surface area contributed by atoms with Crippen molar-refractivity contribution in [2.75, 3.05) is 24.6 Å². The van der Waals surface area contributed by atoms with E-state index >= 15 is 0 Å². The van der Waals surface area contributed by atoms with Crippen molar-refractivity contribution < 1.29 is 26.0 Å². The van der Waals surface area contributed by atoms with E-state index < -0.39 is 37.6 Å². The molecular weight excluding hydrogens is 371 g/mol. The Morgan fingerprint density at radius 2 is 1.96 bits per heavy atom. The second-order valence-corrected chi connectivity index (χ2v) is 10.2. The van der Waals surface area contributed by atoms with Gasteiger partial charge in [-0.05, 0) is 24.1 Å². The standard InChI is InChI=1S/C15H21FN2O5S2/c1-2-18(9-15(19)17-14-7-8-24(20,21)11-14)25(22,23)10-12-3-5-13(16)6-4-12/h3-6,14H,2,7-11H2,1H3,(H,17,19). The molecule has 10 heteroatoms. The van der Waals surface area contributed by atoms with Gasteiger partial charge in [0.2, 0.25) is 15.9 Å². The number of sulfone groups is 1. The van der Waals surface area contributed by atoms with Crippen LogP contribution >= 0.6 is 0 Å². The molecule has 1 unspecified atom stereocenters. The molecule has 1 amide bonds. The van der Waals surface area contributed by atoms with E-state index in [0.29, 0.717) is 12.0 Å². The van der Waals surface area contributed by atoms with Crippen molar-refractivity contribution in [3.63, 3.8) is 0 Å². The van der Waals surface area contributed by atoms with Gasteiger partial charge in [-0.15, -0.1) is 0 Å². The first-order chi connectivity index (χ1) is 11.6. The summed E-state index contributed by atoms with van der Waals surface area (Å²) < 4.78 is 61.6. The van der Waals surface area contributed by atoms with E-state index in [-0.39, 0.29) is 30.3 Å². The average molecular weight is 392 g/mol. The number of carbonyl (C=O) groups is 1. The summed E-state index contributed by atoms with van der Waals surface area (Å²) in [5, 5.41) is 2.57. The lowest BCUT2D eigenvalue weighted by Crippen LogP contribution is -2.44. The first-order valence-electron chi connectivity index (χ1n) is 7.83. The van der Waals surface area contributed by atoms with Crippen LogP contribution in [0.15, 0.2) is 24.3 Å². The molecule has 1 aliphatic heterocycles. The summed E-state index contributed by atoms with van der Waals surface area (Å²) in [6, 6.07) is 4.63. The van der Waals surface area contributed by atoms with Gasteiger partial charge in [-0.25, -0.2) is 21.2 Å². The number of rotatable bonds is 7. The molecule has 0 radical (unpaired) electrons. The second-order valence-electron chi connectivity index (χ2n) is 5.98. The summed E-state index contributed by atoms with van der Waals surface area (Å²) in [6.45, 7) is 1.33. The summed E-state index contributed by atoms with van der Waals surface area (Å²) >= 11 is 0. The maximum absolute atomic E-state index is 12.9. The highest BCUT2D eigenvalue weighted by Crippen LogP contribution is 2.13. The predicted molar refractivity (Wildman–Crippen MR) is 91.5 cm³/mol. The van der Waals surface area contributed by atoms with Crippen molar-refractivity contribution in [3.05, 3.63) is 35.6 Å². The Morgan fingerprint density at radius 1 is 1.32 bits per heavy atom. The van der Waals surface area contributed by atoms with Crippen molar-refractivity contribution in [3.8, 4) is 0 Å². The van der Waals surface area contributed by atoms with E-state index in [9.17, 15) is 26.0 Å². The fraction of sp³-hybridized carbons (Fsp3) is 0.533. The van der Waals surface area contributed by atoms with Gasteiger partial charge in [-0.2, -0.15) is 4.31 Å². The van der Waals surface area contributed by atoms with Gasteiger partial charge in [0.1, 0.15) is 5.82 Å². The Labute approximate surface area is 147 Å². The van der Waals surface area contributed by atoms with E-state index in [4.69, 9.17) is 0 Å². The van der Waals surface area contributed by atoms with Gasteiger partial charge in [0.15, 0.2) is 9.84 Å². The van der Waals surface area contributed by atoms with Crippen LogP contribution < -0.4 is 5.32 Å². The highest BCUT2D eigenvalue weighted by molar-refractivity contribution is 7.91. The number of halogens is 1. The van der Waals surface area contributed by atoms with Crippen LogP contribution in [-0.4, -0.2) is 57.7 Å². The number of benzene rings is 1. The average Bonchev–Trinajstić information content (AvgIpc) is 2.85. The number of nitrogens with zero attached hydrogens (tertiary/aromatic N) is 1. The van der Waals surface area contributed by atoms with Gasteiger partial charge < -0.3 is 5.32 Å². The number of nitrogens with one attached hydrogen (secondary N) is 1. The second kappa shape index (κ2) is 7.79. The summed E-state index contributed by atoms with van der Waals surface area (Å²) in [5.74, 6) is -1.43. The maximum atomic E-state index is 12.9. The van der Waals surface area contributed by atoms with Crippen molar-refractivity contribution in [1.82, 2.24) is 9.62 Å². The molecule has 0 aliphatic carbocycles. The molecule has 1 aromatic carbocycles. The molecule has 1 fully saturated rings. The first kappa shape index (κ1) is 19.8. The molecule has 0 aromatic heterocycles. The third kappa shape index (κ3) is 5.75. The largest absolute Gasteiger partial charge is 0.351 e. The molecule has 1 N–H and O–H groups in total. The number of hydrogen-bond donors (Lipinski definition) is 1. The molecule has 0 saturated carbocycles. The molecule has 25 heavy (non-hydrogen) atoms. The quantitative estimate of drug-likeness (QED) is 0.718. The number of amides is 1. The van der Waals surface area contributed by atoms with Crippen LogP contribution in [0, 0.1) is 5.82 Å². The van der Waals surface area contributed by atoms with Gasteiger partial charge in [-0.3, -0.25) is 4.79 Å². The highest BCUT2D eigenvalue weighted by Gasteiger charge is 2.30. The SMILES string of the molecule is CCN(CC(=O)NC1CCS(=O)(=O)C1)S(=O)(=O)Cc1ccc(F)cc1. The van der Waals surface area contributed by atoms with Crippen LogP contribution in [0.3, 0.4) is 0 Å².